The van der Waals surface area contributed by atoms with Crippen LogP contribution in [0.5, 0.6) is 0 Å². The molecule has 7 heteroatoms. The molecule has 2 aromatic rings. The molecule has 0 unspecified atom stereocenters. The third-order valence-electron chi connectivity index (χ3n) is 5.27. The van der Waals surface area contributed by atoms with Gasteiger partial charge in [0.15, 0.2) is 0 Å². The fourth-order valence-corrected chi connectivity index (χ4v) is 4.64. The minimum absolute atomic E-state index is 0.0487. The molecule has 0 amide bonds. The van der Waals surface area contributed by atoms with Gasteiger partial charge in [0.05, 0.1) is 22.9 Å². The van der Waals surface area contributed by atoms with E-state index in [4.69, 9.17) is 0 Å². The number of benzene rings is 2. The van der Waals surface area contributed by atoms with Gasteiger partial charge in [-0.25, -0.2) is 4.79 Å². The van der Waals surface area contributed by atoms with E-state index in [0.717, 1.165) is 11.6 Å². The van der Waals surface area contributed by atoms with Crippen molar-refractivity contribution in [2.75, 3.05) is 5.32 Å². The molecule has 140 valence electrons. The van der Waals surface area contributed by atoms with Gasteiger partial charge in [-0.1, -0.05) is 46.3 Å². The minimum atomic E-state index is -4.48. The number of alkyl halides is 3. The molecule has 0 aromatic heterocycles. The van der Waals surface area contributed by atoms with E-state index >= 15 is 0 Å². The Labute approximate surface area is 162 Å². The molecule has 2 aliphatic rings. The molecule has 0 bridgehead atoms. The Hall–Kier alpha value is -2.28. The van der Waals surface area contributed by atoms with Crippen molar-refractivity contribution in [2.24, 2.45) is 5.92 Å². The van der Waals surface area contributed by atoms with Crippen LogP contribution in [0.25, 0.3) is 0 Å². The Morgan fingerprint density at radius 2 is 1.93 bits per heavy atom. The quantitative estimate of drug-likeness (QED) is 0.567. The first-order valence-electron chi connectivity index (χ1n) is 8.43. The van der Waals surface area contributed by atoms with E-state index in [9.17, 15) is 23.1 Å². The molecule has 0 saturated carbocycles. The minimum Gasteiger partial charge on any atom is -0.478 e. The zero-order valence-electron chi connectivity index (χ0n) is 13.9. The lowest BCUT2D eigenvalue weighted by molar-refractivity contribution is -0.138. The van der Waals surface area contributed by atoms with E-state index in [-0.39, 0.29) is 23.0 Å². The summed E-state index contributed by atoms with van der Waals surface area (Å²) in [6.45, 7) is 0. The Morgan fingerprint density at radius 3 is 2.63 bits per heavy atom. The van der Waals surface area contributed by atoms with Crippen molar-refractivity contribution >= 4 is 27.6 Å². The molecule has 1 heterocycles. The number of anilines is 1. The van der Waals surface area contributed by atoms with Gasteiger partial charge in [-0.3, -0.25) is 0 Å². The second-order valence-electron chi connectivity index (χ2n) is 6.78. The molecule has 3 nitrogen and oxygen atoms in total. The number of nitrogens with one attached hydrogen (secondary N) is 1. The standard InChI is InChI=1S/C20H15BrF3NO2/c21-10-8-14-11-5-3-6-12(11)17(25-18(14)15(9-10)19(26)27)13-4-1-2-7-16(13)20(22,23)24/h1-5,7-9,11-12,17,25H,6H2,(H,26,27)/t11-,12-,17-/m0/s1. The van der Waals surface area contributed by atoms with Crippen molar-refractivity contribution in [2.45, 2.75) is 24.6 Å². The van der Waals surface area contributed by atoms with Crippen LogP contribution in [0.4, 0.5) is 18.9 Å². The molecule has 0 saturated heterocycles. The van der Waals surface area contributed by atoms with Gasteiger partial charge in [0.2, 0.25) is 0 Å². The number of aromatic carboxylic acids is 1. The summed E-state index contributed by atoms with van der Waals surface area (Å²) in [6.07, 6.45) is 0.0700. The number of hydrogen-bond acceptors (Lipinski definition) is 2. The van der Waals surface area contributed by atoms with E-state index in [1.165, 1.54) is 18.2 Å². The van der Waals surface area contributed by atoms with Crippen molar-refractivity contribution in [3.8, 4) is 0 Å². The smallest absolute Gasteiger partial charge is 0.416 e. The maximum absolute atomic E-state index is 13.6. The molecular weight excluding hydrogens is 423 g/mol. The summed E-state index contributed by atoms with van der Waals surface area (Å²) in [6, 6.07) is 8.18. The van der Waals surface area contributed by atoms with Gasteiger partial charge in [-0.15, -0.1) is 0 Å². The molecule has 4 rings (SSSR count). The summed E-state index contributed by atoms with van der Waals surface area (Å²) >= 11 is 3.34. The van der Waals surface area contributed by atoms with Gasteiger partial charge in [0.1, 0.15) is 0 Å². The number of carbonyl (C=O) groups is 1. The maximum Gasteiger partial charge on any atom is 0.416 e. The third kappa shape index (κ3) is 3.04. The molecule has 0 spiro atoms. The fraction of sp³-hybridized carbons (Fsp3) is 0.250. The SMILES string of the molecule is O=C(O)c1cc(Br)cc2c1N[C@H](c1ccccc1C(F)(F)F)[C@H]1CC=C[C@H]21. The van der Waals surface area contributed by atoms with Crippen molar-refractivity contribution < 1.29 is 23.1 Å². The number of halogens is 4. The Balaban J connectivity index is 1.90. The monoisotopic (exact) mass is 437 g/mol. The Morgan fingerprint density at radius 1 is 1.19 bits per heavy atom. The predicted octanol–water partition coefficient (Wildman–Crippen LogP) is 5.99. The summed E-state index contributed by atoms with van der Waals surface area (Å²) in [5.74, 6) is -1.37. The largest absolute Gasteiger partial charge is 0.478 e. The first-order chi connectivity index (χ1) is 12.8. The van der Waals surface area contributed by atoms with E-state index < -0.39 is 23.8 Å². The van der Waals surface area contributed by atoms with E-state index in [0.29, 0.717) is 16.6 Å². The van der Waals surface area contributed by atoms with Gasteiger partial charge >= 0.3 is 12.1 Å². The van der Waals surface area contributed by atoms with Crippen LogP contribution in [0.15, 0.2) is 53.0 Å². The highest BCUT2D eigenvalue weighted by Crippen LogP contribution is 2.52. The molecule has 0 radical (unpaired) electrons. The highest BCUT2D eigenvalue weighted by atomic mass is 79.9. The van der Waals surface area contributed by atoms with Crippen LogP contribution in [0, 0.1) is 5.92 Å². The number of carboxylic acids is 1. The van der Waals surface area contributed by atoms with Crippen molar-refractivity contribution in [3.63, 3.8) is 0 Å². The van der Waals surface area contributed by atoms with Crippen LogP contribution in [0.3, 0.4) is 0 Å². The van der Waals surface area contributed by atoms with Gasteiger partial charge in [0, 0.05) is 10.4 Å². The van der Waals surface area contributed by atoms with Gasteiger partial charge < -0.3 is 10.4 Å². The van der Waals surface area contributed by atoms with Crippen LogP contribution in [0.1, 0.15) is 45.4 Å². The number of hydrogen-bond donors (Lipinski definition) is 2. The third-order valence-corrected chi connectivity index (χ3v) is 5.72. The maximum atomic E-state index is 13.6. The Bertz CT molecular complexity index is 955. The van der Waals surface area contributed by atoms with Crippen LogP contribution < -0.4 is 5.32 Å². The number of allylic oxidation sites excluding steroid dienone is 2. The van der Waals surface area contributed by atoms with Gasteiger partial charge in [-0.2, -0.15) is 13.2 Å². The first kappa shape index (κ1) is 18.1. The molecule has 27 heavy (non-hydrogen) atoms. The number of rotatable bonds is 2. The highest BCUT2D eigenvalue weighted by Gasteiger charge is 2.43. The van der Waals surface area contributed by atoms with Crippen molar-refractivity contribution in [3.05, 3.63) is 75.3 Å². The summed E-state index contributed by atoms with van der Waals surface area (Å²) in [5, 5.41) is 12.7. The van der Waals surface area contributed by atoms with Crippen LogP contribution in [-0.2, 0) is 6.18 Å². The van der Waals surface area contributed by atoms with E-state index in [2.05, 4.69) is 21.2 Å². The Kier molecular flexibility index (Phi) is 4.29. The average molecular weight is 438 g/mol. The second kappa shape index (κ2) is 6.41. The molecule has 3 atom stereocenters. The summed E-state index contributed by atoms with van der Waals surface area (Å²) < 4.78 is 41.3. The zero-order chi connectivity index (χ0) is 19.3. The zero-order valence-corrected chi connectivity index (χ0v) is 15.5. The molecule has 1 aliphatic heterocycles. The molecule has 1 aliphatic carbocycles. The molecule has 2 N–H and O–H groups in total. The van der Waals surface area contributed by atoms with Crippen LogP contribution in [0.2, 0.25) is 0 Å². The lowest BCUT2D eigenvalue weighted by Gasteiger charge is -2.39. The number of fused-ring (bicyclic) bond motifs is 3. The van der Waals surface area contributed by atoms with E-state index in [1.807, 2.05) is 18.2 Å². The molecule has 0 fully saturated rings. The van der Waals surface area contributed by atoms with Crippen LogP contribution in [-0.4, -0.2) is 11.1 Å². The first-order valence-corrected chi connectivity index (χ1v) is 9.22. The highest BCUT2D eigenvalue weighted by molar-refractivity contribution is 9.10. The lowest BCUT2D eigenvalue weighted by atomic mass is 9.75. The number of carboxylic acid groups (broad SMARTS) is 1. The summed E-state index contributed by atoms with van der Waals surface area (Å²) in [5.41, 5.74) is 0.688. The summed E-state index contributed by atoms with van der Waals surface area (Å²) in [7, 11) is 0. The second-order valence-corrected chi connectivity index (χ2v) is 7.70. The average Bonchev–Trinajstić information content (AvgIpc) is 3.10. The lowest BCUT2D eigenvalue weighted by Crippen LogP contribution is -2.32. The van der Waals surface area contributed by atoms with Gasteiger partial charge in [0.25, 0.3) is 0 Å². The molecular formula is C20H15BrF3NO2. The fourth-order valence-electron chi connectivity index (χ4n) is 4.17. The summed E-state index contributed by atoms with van der Waals surface area (Å²) in [4.78, 5) is 11.7. The predicted molar refractivity (Wildman–Crippen MR) is 98.9 cm³/mol. The van der Waals surface area contributed by atoms with Crippen LogP contribution >= 0.6 is 15.9 Å². The topological polar surface area (TPSA) is 49.3 Å². The normalized spacial score (nSPS) is 23.5. The van der Waals surface area contributed by atoms with Crippen molar-refractivity contribution in [1.82, 2.24) is 0 Å². The molecule has 2 aromatic carbocycles. The van der Waals surface area contributed by atoms with Gasteiger partial charge in [-0.05, 0) is 41.7 Å². The van der Waals surface area contributed by atoms with E-state index in [1.54, 1.807) is 6.07 Å². The van der Waals surface area contributed by atoms with Crippen molar-refractivity contribution in [1.29, 1.82) is 0 Å².